The van der Waals surface area contributed by atoms with Gasteiger partial charge in [0.15, 0.2) is 0 Å². The summed E-state index contributed by atoms with van der Waals surface area (Å²) in [5.41, 5.74) is 3.05. The van der Waals surface area contributed by atoms with Gasteiger partial charge < -0.3 is 9.80 Å². The number of rotatable bonds is 9. The number of benzene rings is 2. The first-order valence-electron chi connectivity index (χ1n) is 11.6. The average molecular weight is 497 g/mol. The molecule has 0 aromatic heterocycles. The van der Waals surface area contributed by atoms with E-state index >= 15 is 0 Å². The molecule has 0 radical (unpaired) electrons. The van der Waals surface area contributed by atoms with Crippen LogP contribution in [-0.4, -0.2) is 59.0 Å². The van der Waals surface area contributed by atoms with Crippen molar-refractivity contribution in [3.8, 4) is 0 Å². The van der Waals surface area contributed by atoms with Gasteiger partial charge in [0.25, 0.3) is 17.3 Å². The van der Waals surface area contributed by atoms with E-state index in [2.05, 4.69) is 10.5 Å². The molecule has 3 rings (SSSR count). The third kappa shape index (κ3) is 6.20. The maximum Gasteiger partial charge on any atom is 0.271 e. The van der Waals surface area contributed by atoms with Gasteiger partial charge in [0, 0.05) is 67.3 Å². The van der Waals surface area contributed by atoms with E-state index in [0.717, 1.165) is 18.9 Å². The Bertz CT molecular complexity index is 1180. The van der Waals surface area contributed by atoms with Gasteiger partial charge in [0.2, 0.25) is 5.91 Å². The molecule has 2 aromatic carbocycles. The fourth-order valence-corrected chi connectivity index (χ4v) is 4.22. The Labute approximate surface area is 207 Å². The first kappa shape index (κ1) is 26.3. The number of carbonyl (C=O) groups excluding carboxylic acids is 2. The van der Waals surface area contributed by atoms with E-state index in [1.54, 1.807) is 11.0 Å². The quantitative estimate of drug-likeness (QED) is 0.317. The minimum Gasteiger partial charge on any atom is -0.370 e. The zero-order valence-corrected chi connectivity index (χ0v) is 20.1. The maximum atomic E-state index is 12.9. The number of piperidine rings is 1. The third-order valence-corrected chi connectivity index (χ3v) is 6.10. The van der Waals surface area contributed by atoms with Crippen molar-refractivity contribution < 1.29 is 19.4 Å². The number of nitrogens with one attached hydrogen (secondary N) is 1. The maximum absolute atomic E-state index is 12.9. The summed E-state index contributed by atoms with van der Waals surface area (Å²) in [4.78, 5) is 50.3. The standard InChI is InChI=1S/C24H28N6O6/c1-3-27(4-2)24(32)18-8-6-12-28(16-18)22-11-10-21(30(35)36)14-19(22)15-25-26-23(31)17-7-5-9-20(13-17)29(33)34/h5,7,9-11,13-15,18H,3-4,6,8,12,16H2,1-2H3,(H,26,31)/b25-15+. The molecule has 0 aliphatic carbocycles. The zero-order valence-electron chi connectivity index (χ0n) is 20.1. The lowest BCUT2D eigenvalue weighted by Gasteiger charge is -2.36. The first-order chi connectivity index (χ1) is 17.2. The highest BCUT2D eigenvalue weighted by Gasteiger charge is 2.29. The minimum absolute atomic E-state index is 0.0504. The molecule has 2 aromatic rings. The fourth-order valence-electron chi connectivity index (χ4n) is 4.22. The number of hydrogen-bond acceptors (Lipinski definition) is 8. The van der Waals surface area contributed by atoms with Crippen molar-refractivity contribution in [1.29, 1.82) is 0 Å². The van der Waals surface area contributed by atoms with E-state index in [0.29, 0.717) is 37.4 Å². The smallest absolute Gasteiger partial charge is 0.271 e. The van der Waals surface area contributed by atoms with E-state index in [4.69, 9.17) is 0 Å². The van der Waals surface area contributed by atoms with Gasteiger partial charge in [-0.25, -0.2) is 5.43 Å². The highest BCUT2D eigenvalue weighted by Crippen LogP contribution is 2.29. The predicted molar refractivity (Wildman–Crippen MR) is 134 cm³/mol. The summed E-state index contributed by atoms with van der Waals surface area (Å²) in [6.45, 7) is 6.27. The number of nitro groups is 2. The Morgan fingerprint density at radius 2 is 1.81 bits per heavy atom. The Morgan fingerprint density at radius 3 is 2.47 bits per heavy atom. The molecular formula is C24H28N6O6. The van der Waals surface area contributed by atoms with Crippen molar-refractivity contribution >= 4 is 35.1 Å². The van der Waals surface area contributed by atoms with Crippen LogP contribution in [0.15, 0.2) is 47.6 Å². The SMILES string of the molecule is CCN(CC)C(=O)C1CCCN(c2ccc([N+](=O)[O-])cc2/C=N/NC(=O)c2cccc([N+](=O)[O-])c2)C1. The van der Waals surface area contributed by atoms with Crippen LogP contribution in [0.25, 0.3) is 0 Å². The van der Waals surface area contributed by atoms with Crippen molar-refractivity contribution in [3.05, 3.63) is 73.8 Å². The second-order valence-corrected chi connectivity index (χ2v) is 8.30. The lowest BCUT2D eigenvalue weighted by Crippen LogP contribution is -2.45. The molecule has 1 aliphatic rings. The molecule has 1 N–H and O–H groups in total. The van der Waals surface area contributed by atoms with Crippen LogP contribution in [0.4, 0.5) is 17.1 Å². The van der Waals surface area contributed by atoms with E-state index in [1.165, 1.54) is 36.5 Å². The summed E-state index contributed by atoms with van der Waals surface area (Å²) in [5, 5.41) is 26.2. The van der Waals surface area contributed by atoms with Gasteiger partial charge in [-0.15, -0.1) is 0 Å². The van der Waals surface area contributed by atoms with Crippen molar-refractivity contribution in [3.63, 3.8) is 0 Å². The van der Waals surface area contributed by atoms with Crippen LogP contribution in [-0.2, 0) is 4.79 Å². The average Bonchev–Trinajstić information content (AvgIpc) is 2.89. The molecular weight excluding hydrogens is 468 g/mol. The second-order valence-electron chi connectivity index (χ2n) is 8.30. The third-order valence-electron chi connectivity index (χ3n) is 6.10. The molecule has 1 heterocycles. The van der Waals surface area contributed by atoms with Gasteiger partial charge in [-0.2, -0.15) is 5.10 Å². The number of amides is 2. The molecule has 12 heteroatoms. The van der Waals surface area contributed by atoms with Crippen LogP contribution in [0.2, 0.25) is 0 Å². The van der Waals surface area contributed by atoms with E-state index in [-0.39, 0.29) is 28.8 Å². The number of hydrogen-bond donors (Lipinski definition) is 1. The second kappa shape index (κ2) is 11.9. The molecule has 12 nitrogen and oxygen atoms in total. The van der Waals surface area contributed by atoms with Crippen LogP contribution in [0.1, 0.15) is 42.6 Å². The van der Waals surface area contributed by atoms with Crippen molar-refractivity contribution in [1.82, 2.24) is 10.3 Å². The van der Waals surface area contributed by atoms with Crippen LogP contribution in [0, 0.1) is 26.1 Å². The van der Waals surface area contributed by atoms with Crippen LogP contribution in [0.3, 0.4) is 0 Å². The number of non-ortho nitro benzene ring substituents is 2. The van der Waals surface area contributed by atoms with Crippen LogP contribution in [0.5, 0.6) is 0 Å². The number of nitro benzene ring substituents is 2. The molecule has 1 fully saturated rings. The minimum atomic E-state index is -0.662. The molecule has 36 heavy (non-hydrogen) atoms. The lowest BCUT2D eigenvalue weighted by molar-refractivity contribution is -0.385. The molecule has 1 atom stereocenters. The Kier molecular flexibility index (Phi) is 8.66. The summed E-state index contributed by atoms with van der Waals surface area (Å²) in [7, 11) is 0. The van der Waals surface area contributed by atoms with Crippen molar-refractivity contribution in [2.45, 2.75) is 26.7 Å². The van der Waals surface area contributed by atoms with Gasteiger partial charge in [0.1, 0.15) is 0 Å². The highest BCUT2D eigenvalue weighted by molar-refractivity contribution is 5.96. The van der Waals surface area contributed by atoms with Gasteiger partial charge >= 0.3 is 0 Å². The van der Waals surface area contributed by atoms with Crippen LogP contribution < -0.4 is 10.3 Å². The lowest BCUT2D eigenvalue weighted by atomic mass is 9.95. The Morgan fingerprint density at radius 1 is 1.11 bits per heavy atom. The topological polar surface area (TPSA) is 151 Å². The van der Waals surface area contributed by atoms with E-state index in [9.17, 15) is 29.8 Å². The predicted octanol–water partition coefficient (Wildman–Crippen LogP) is 3.35. The molecule has 0 bridgehead atoms. The molecule has 1 saturated heterocycles. The summed E-state index contributed by atoms with van der Waals surface area (Å²) < 4.78 is 0. The largest absolute Gasteiger partial charge is 0.370 e. The van der Waals surface area contributed by atoms with Crippen LogP contribution >= 0.6 is 0 Å². The summed E-state index contributed by atoms with van der Waals surface area (Å²) in [6.07, 6.45) is 2.85. The molecule has 0 spiro atoms. The summed E-state index contributed by atoms with van der Waals surface area (Å²) in [6, 6.07) is 9.57. The molecule has 1 aliphatic heterocycles. The molecule has 1 unspecified atom stereocenters. The van der Waals surface area contributed by atoms with Gasteiger partial charge in [-0.3, -0.25) is 29.8 Å². The van der Waals surface area contributed by atoms with E-state index < -0.39 is 15.8 Å². The number of carbonyl (C=O) groups is 2. The summed E-state index contributed by atoms with van der Waals surface area (Å²) in [5.74, 6) is -0.761. The monoisotopic (exact) mass is 496 g/mol. The normalized spacial score (nSPS) is 15.5. The zero-order chi connectivity index (χ0) is 26.2. The van der Waals surface area contributed by atoms with E-state index in [1.807, 2.05) is 18.7 Å². The summed E-state index contributed by atoms with van der Waals surface area (Å²) >= 11 is 0. The number of hydrazone groups is 1. The highest BCUT2D eigenvalue weighted by atomic mass is 16.6. The van der Waals surface area contributed by atoms with Gasteiger partial charge in [-0.05, 0) is 38.8 Å². The Hall–Kier alpha value is -4.35. The molecule has 190 valence electrons. The fraction of sp³-hybridized carbons (Fsp3) is 0.375. The van der Waals surface area contributed by atoms with Gasteiger partial charge in [0.05, 0.1) is 22.0 Å². The number of anilines is 1. The molecule has 2 amide bonds. The van der Waals surface area contributed by atoms with Crippen molar-refractivity contribution in [2.24, 2.45) is 11.0 Å². The number of nitrogens with zero attached hydrogens (tertiary/aromatic N) is 5. The Balaban J connectivity index is 1.82. The van der Waals surface area contributed by atoms with Crippen molar-refractivity contribution in [2.75, 3.05) is 31.1 Å². The van der Waals surface area contributed by atoms with Gasteiger partial charge in [-0.1, -0.05) is 6.07 Å². The first-order valence-corrected chi connectivity index (χ1v) is 11.6. The molecule has 0 saturated carbocycles.